The highest BCUT2D eigenvalue weighted by molar-refractivity contribution is 7.14. The van der Waals surface area contributed by atoms with Crippen LogP contribution in [-0.2, 0) is 25.4 Å². The van der Waals surface area contributed by atoms with Crippen molar-refractivity contribution in [3.63, 3.8) is 0 Å². The van der Waals surface area contributed by atoms with E-state index in [2.05, 4.69) is 65.8 Å². The van der Waals surface area contributed by atoms with Crippen molar-refractivity contribution in [2.75, 3.05) is 11.9 Å². The molecule has 3 heterocycles. The van der Waals surface area contributed by atoms with Crippen molar-refractivity contribution in [2.45, 2.75) is 39.2 Å². The van der Waals surface area contributed by atoms with Gasteiger partial charge in [0.05, 0.1) is 5.69 Å². The molecule has 2 aromatic heterocycles. The first kappa shape index (κ1) is 18.8. The van der Waals surface area contributed by atoms with Crippen LogP contribution >= 0.6 is 11.3 Å². The zero-order valence-corrected chi connectivity index (χ0v) is 17.5. The lowest BCUT2D eigenvalue weighted by atomic mass is 9.86. The van der Waals surface area contributed by atoms with Crippen LogP contribution in [0.1, 0.15) is 48.1 Å². The lowest BCUT2D eigenvalue weighted by Crippen LogP contribution is -2.26. The maximum Gasteiger partial charge on any atom is 0.278 e. The highest BCUT2D eigenvalue weighted by Crippen LogP contribution is 2.29. The number of rotatable bonds is 3. The van der Waals surface area contributed by atoms with Crippen LogP contribution in [0.5, 0.6) is 0 Å². The predicted molar refractivity (Wildman–Crippen MR) is 113 cm³/mol. The van der Waals surface area contributed by atoms with Gasteiger partial charge in [0, 0.05) is 48.8 Å². The number of hydrogen-bond acceptors (Lipinski definition) is 5. The van der Waals surface area contributed by atoms with E-state index in [0.717, 1.165) is 35.5 Å². The first-order valence-corrected chi connectivity index (χ1v) is 10.3. The summed E-state index contributed by atoms with van der Waals surface area (Å²) < 4.78 is 1.81. The molecule has 28 heavy (non-hydrogen) atoms. The Morgan fingerprint density at radius 3 is 2.71 bits per heavy atom. The normalized spacial score (nSPS) is 14.0. The molecule has 0 bridgehead atoms. The molecule has 4 rings (SSSR count). The number of aromatic nitrogens is 3. The smallest absolute Gasteiger partial charge is 0.278 e. The third kappa shape index (κ3) is 3.59. The van der Waals surface area contributed by atoms with Crippen molar-refractivity contribution in [1.29, 1.82) is 0 Å². The second-order valence-electron chi connectivity index (χ2n) is 8.14. The predicted octanol–water partition coefficient (Wildman–Crippen LogP) is 3.74. The number of carbonyl (C=O) groups is 1. The largest absolute Gasteiger partial charge is 0.312 e. The molecule has 0 saturated carbocycles. The van der Waals surface area contributed by atoms with Crippen molar-refractivity contribution in [2.24, 2.45) is 7.05 Å². The molecule has 0 spiro atoms. The average Bonchev–Trinajstić information content (AvgIpc) is 3.26. The molecule has 0 saturated heterocycles. The Morgan fingerprint density at radius 2 is 2.00 bits per heavy atom. The molecule has 0 radical (unpaired) electrons. The van der Waals surface area contributed by atoms with Gasteiger partial charge in [0.25, 0.3) is 5.91 Å². The lowest BCUT2D eigenvalue weighted by molar-refractivity contribution is 0.102. The van der Waals surface area contributed by atoms with Crippen LogP contribution in [0, 0.1) is 0 Å². The zero-order chi connectivity index (χ0) is 19.9. The van der Waals surface area contributed by atoms with Gasteiger partial charge in [0.15, 0.2) is 10.8 Å². The average molecular weight is 396 g/mol. The first-order valence-electron chi connectivity index (χ1n) is 9.46. The summed E-state index contributed by atoms with van der Waals surface area (Å²) in [6.07, 6.45) is 0.887. The number of amides is 1. The van der Waals surface area contributed by atoms with Crippen molar-refractivity contribution in [3.8, 4) is 11.3 Å². The molecule has 7 heteroatoms. The van der Waals surface area contributed by atoms with Gasteiger partial charge in [-0.05, 0) is 11.0 Å². The number of thiazole rings is 1. The fourth-order valence-electron chi connectivity index (χ4n) is 3.46. The van der Waals surface area contributed by atoms with Gasteiger partial charge < -0.3 is 5.32 Å². The third-order valence-electron chi connectivity index (χ3n) is 5.10. The lowest BCUT2D eigenvalue weighted by Gasteiger charge is -2.18. The molecule has 2 N–H and O–H groups in total. The molecule has 0 aliphatic carbocycles. The van der Waals surface area contributed by atoms with Crippen LogP contribution in [0.4, 0.5) is 5.13 Å². The Labute approximate surface area is 169 Å². The van der Waals surface area contributed by atoms with Crippen molar-refractivity contribution >= 4 is 22.4 Å². The van der Waals surface area contributed by atoms with Crippen molar-refractivity contribution in [3.05, 3.63) is 52.2 Å². The van der Waals surface area contributed by atoms with E-state index in [-0.39, 0.29) is 11.3 Å². The Balaban J connectivity index is 1.52. The van der Waals surface area contributed by atoms with Gasteiger partial charge in [-0.2, -0.15) is 5.10 Å². The Hall–Kier alpha value is -2.51. The highest BCUT2D eigenvalue weighted by atomic mass is 32.1. The maximum atomic E-state index is 12.8. The van der Waals surface area contributed by atoms with E-state index in [1.54, 1.807) is 0 Å². The van der Waals surface area contributed by atoms with E-state index < -0.39 is 0 Å². The quantitative estimate of drug-likeness (QED) is 0.709. The molecule has 146 valence electrons. The van der Waals surface area contributed by atoms with Gasteiger partial charge in [-0.25, -0.2) is 4.98 Å². The monoisotopic (exact) mass is 395 g/mol. The van der Waals surface area contributed by atoms with Crippen LogP contribution in [-0.4, -0.2) is 27.2 Å². The molecular weight excluding hydrogens is 370 g/mol. The summed E-state index contributed by atoms with van der Waals surface area (Å²) in [6, 6.07) is 8.45. The minimum absolute atomic E-state index is 0.121. The minimum atomic E-state index is -0.204. The van der Waals surface area contributed by atoms with E-state index in [4.69, 9.17) is 0 Å². The van der Waals surface area contributed by atoms with Gasteiger partial charge in [-0.3, -0.25) is 14.8 Å². The van der Waals surface area contributed by atoms with E-state index in [1.807, 2.05) is 17.1 Å². The van der Waals surface area contributed by atoms with E-state index in [1.165, 1.54) is 16.9 Å². The number of carbonyl (C=O) groups excluding carboxylic acids is 1. The summed E-state index contributed by atoms with van der Waals surface area (Å²) in [5, 5.41) is 13.2. The van der Waals surface area contributed by atoms with Gasteiger partial charge in [0.1, 0.15) is 0 Å². The molecule has 6 nitrogen and oxygen atoms in total. The highest BCUT2D eigenvalue weighted by Gasteiger charge is 2.24. The Morgan fingerprint density at radius 1 is 1.25 bits per heavy atom. The van der Waals surface area contributed by atoms with Crippen LogP contribution in [0.3, 0.4) is 0 Å². The number of nitrogens with one attached hydrogen (secondary N) is 2. The number of nitrogens with zero attached hydrogens (tertiary/aromatic N) is 3. The van der Waals surface area contributed by atoms with Crippen molar-refractivity contribution < 1.29 is 4.79 Å². The molecule has 1 amide bonds. The van der Waals surface area contributed by atoms with Gasteiger partial charge >= 0.3 is 0 Å². The fraction of sp³-hybridized carbons (Fsp3) is 0.381. The van der Waals surface area contributed by atoms with Crippen LogP contribution < -0.4 is 10.6 Å². The number of hydrogen-bond donors (Lipinski definition) is 2. The summed E-state index contributed by atoms with van der Waals surface area (Å²) in [6.45, 7) is 8.19. The van der Waals surface area contributed by atoms with Crippen molar-refractivity contribution in [1.82, 2.24) is 20.1 Å². The van der Waals surface area contributed by atoms with Gasteiger partial charge in [0.2, 0.25) is 0 Å². The molecule has 1 aromatic carbocycles. The second-order valence-corrected chi connectivity index (χ2v) is 9.00. The summed E-state index contributed by atoms with van der Waals surface area (Å²) in [7, 11) is 1.89. The topological polar surface area (TPSA) is 71.8 Å². The summed E-state index contributed by atoms with van der Waals surface area (Å²) in [4.78, 5) is 17.3. The van der Waals surface area contributed by atoms with E-state index in [9.17, 15) is 4.79 Å². The molecule has 1 aliphatic heterocycles. The number of anilines is 1. The van der Waals surface area contributed by atoms with Crippen LogP contribution in [0.25, 0.3) is 11.3 Å². The number of fused-ring (bicyclic) bond motifs is 1. The van der Waals surface area contributed by atoms with E-state index >= 15 is 0 Å². The number of benzene rings is 1. The maximum absolute atomic E-state index is 12.8. The molecule has 0 fully saturated rings. The second kappa shape index (κ2) is 7.14. The number of aryl methyl sites for hydroxylation is 1. The molecule has 1 aliphatic rings. The molecule has 0 unspecified atom stereocenters. The van der Waals surface area contributed by atoms with Gasteiger partial charge in [-0.1, -0.05) is 45.0 Å². The summed E-state index contributed by atoms with van der Waals surface area (Å²) >= 11 is 1.43. The minimum Gasteiger partial charge on any atom is -0.312 e. The van der Waals surface area contributed by atoms with Gasteiger partial charge in [-0.15, -0.1) is 11.3 Å². The van der Waals surface area contributed by atoms with E-state index in [0.29, 0.717) is 17.4 Å². The standard InChI is InChI=1S/C21H25N5OS/c1-21(2,3)14-7-5-13(6-8-14)16-12-28-20(23-16)24-19(27)18-15-11-22-10-9-17(15)26(4)25-18/h5-8,12,22H,9-11H2,1-4H3,(H,23,24,27). The first-order chi connectivity index (χ1) is 13.3. The Kier molecular flexibility index (Phi) is 4.81. The summed E-state index contributed by atoms with van der Waals surface area (Å²) in [5.41, 5.74) is 5.92. The molecular formula is C21H25N5OS. The fourth-order valence-corrected chi connectivity index (χ4v) is 4.18. The summed E-state index contributed by atoms with van der Waals surface area (Å²) in [5.74, 6) is -0.204. The molecule has 0 atom stereocenters. The Bertz CT molecular complexity index is 1010. The zero-order valence-electron chi connectivity index (χ0n) is 16.7. The van der Waals surface area contributed by atoms with Crippen LogP contribution in [0.15, 0.2) is 29.6 Å². The SMILES string of the molecule is Cn1nc(C(=O)Nc2nc(-c3ccc(C(C)(C)C)cc3)cs2)c2c1CCNC2. The third-order valence-corrected chi connectivity index (χ3v) is 5.86. The molecule has 3 aromatic rings. The van der Waals surface area contributed by atoms with Crippen LogP contribution in [0.2, 0.25) is 0 Å².